The third-order valence-corrected chi connectivity index (χ3v) is 4.85. The lowest BCUT2D eigenvalue weighted by molar-refractivity contribution is 0.0695. The minimum atomic E-state index is -1.41. The average Bonchev–Trinajstić information content (AvgIpc) is 2.70. The van der Waals surface area contributed by atoms with Crippen molar-refractivity contribution in [3.8, 4) is 29.0 Å². The van der Waals surface area contributed by atoms with Gasteiger partial charge in [-0.2, -0.15) is 5.26 Å². The van der Waals surface area contributed by atoms with Gasteiger partial charge in [0, 0.05) is 24.2 Å². The van der Waals surface area contributed by atoms with Crippen molar-refractivity contribution < 1.29 is 19.0 Å². The number of pyridine rings is 1. The molecule has 0 atom stereocenters. The molecule has 0 saturated heterocycles. The molecular weight excluding hydrogens is 411 g/mol. The van der Waals surface area contributed by atoms with E-state index in [1.807, 2.05) is 6.07 Å². The Kier molecular flexibility index (Phi) is 5.90. The van der Waals surface area contributed by atoms with Crippen molar-refractivity contribution in [3.63, 3.8) is 0 Å². The first-order valence-corrected chi connectivity index (χ1v) is 9.29. The molecule has 6 nitrogen and oxygen atoms in total. The second kappa shape index (κ2) is 8.39. The Morgan fingerprint density at radius 1 is 1.27 bits per heavy atom. The van der Waals surface area contributed by atoms with Crippen LogP contribution in [-0.2, 0) is 6.54 Å². The van der Waals surface area contributed by atoms with Gasteiger partial charge in [-0.05, 0) is 37.6 Å². The van der Waals surface area contributed by atoms with Crippen LogP contribution in [0.3, 0.4) is 0 Å². The molecule has 0 aliphatic rings. The Morgan fingerprint density at radius 3 is 2.57 bits per heavy atom. The van der Waals surface area contributed by atoms with E-state index in [0.717, 1.165) is 6.07 Å². The van der Waals surface area contributed by atoms with Crippen molar-refractivity contribution in [2.75, 3.05) is 0 Å². The van der Waals surface area contributed by atoms with E-state index in [9.17, 15) is 19.1 Å². The van der Waals surface area contributed by atoms with E-state index in [0.29, 0.717) is 11.1 Å². The Hall–Kier alpha value is -3.63. The van der Waals surface area contributed by atoms with Crippen molar-refractivity contribution in [3.05, 3.63) is 80.2 Å². The molecule has 0 radical (unpaired) electrons. The Morgan fingerprint density at radius 2 is 2.00 bits per heavy atom. The number of benzene rings is 2. The number of aromatic carboxylic acids is 1. The summed E-state index contributed by atoms with van der Waals surface area (Å²) in [7, 11) is 0. The third-order valence-electron chi connectivity index (χ3n) is 4.53. The van der Waals surface area contributed by atoms with Crippen LogP contribution in [0.4, 0.5) is 4.39 Å². The van der Waals surface area contributed by atoms with Gasteiger partial charge in [-0.3, -0.25) is 4.79 Å². The SMILES string of the molecule is CCn1c(Oc2ccc(C)c(F)c2)cc(=O)c(C(=O)O)c1-c1ccc(C#N)c(Cl)c1. The molecule has 0 amide bonds. The van der Waals surface area contributed by atoms with E-state index in [4.69, 9.17) is 21.6 Å². The largest absolute Gasteiger partial charge is 0.477 e. The van der Waals surface area contributed by atoms with Gasteiger partial charge in [0.1, 0.15) is 23.2 Å². The molecule has 1 N–H and O–H groups in total. The van der Waals surface area contributed by atoms with E-state index < -0.39 is 22.8 Å². The predicted molar refractivity (Wildman–Crippen MR) is 110 cm³/mol. The number of rotatable bonds is 5. The number of ether oxygens (including phenoxy) is 1. The molecule has 0 bridgehead atoms. The minimum Gasteiger partial charge on any atom is -0.477 e. The van der Waals surface area contributed by atoms with Gasteiger partial charge in [0.05, 0.1) is 16.3 Å². The second-order valence-electron chi connectivity index (χ2n) is 6.44. The molecule has 0 spiro atoms. The molecule has 152 valence electrons. The lowest BCUT2D eigenvalue weighted by Gasteiger charge is -2.20. The summed E-state index contributed by atoms with van der Waals surface area (Å²) in [6.07, 6.45) is 0. The van der Waals surface area contributed by atoms with Crippen molar-refractivity contribution >= 4 is 17.6 Å². The summed E-state index contributed by atoms with van der Waals surface area (Å²) in [5.41, 5.74) is -0.178. The van der Waals surface area contributed by atoms with Crippen LogP contribution in [0.2, 0.25) is 5.02 Å². The average molecular weight is 427 g/mol. The van der Waals surface area contributed by atoms with Gasteiger partial charge in [-0.25, -0.2) is 9.18 Å². The molecule has 1 heterocycles. The number of nitrogens with zero attached hydrogens (tertiary/aromatic N) is 2. The van der Waals surface area contributed by atoms with Crippen molar-refractivity contribution in [1.82, 2.24) is 4.57 Å². The second-order valence-corrected chi connectivity index (χ2v) is 6.85. The summed E-state index contributed by atoms with van der Waals surface area (Å²) < 4.78 is 21.1. The van der Waals surface area contributed by atoms with Gasteiger partial charge in [0.2, 0.25) is 11.3 Å². The standard InChI is InChI=1S/C22H16ClFN2O4/c1-3-26-19(30-15-7-4-12(2)17(24)9-15)10-18(27)20(22(28)29)21(26)13-5-6-14(11-25)16(23)8-13/h4-10H,3H2,1-2H3,(H,28,29). The fourth-order valence-electron chi connectivity index (χ4n) is 3.04. The smallest absolute Gasteiger partial charge is 0.341 e. The summed E-state index contributed by atoms with van der Waals surface area (Å²) in [6.45, 7) is 3.60. The van der Waals surface area contributed by atoms with Crippen LogP contribution in [0.25, 0.3) is 11.3 Å². The molecule has 0 fully saturated rings. The maximum Gasteiger partial charge on any atom is 0.341 e. The normalized spacial score (nSPS) is 10.5. The zero-order valence-corrected chi connectivity index (χ0v) is 16.8. The van der Waals surface area contributed by atoms with Crippen LogP contribution in [0.15, 0.2) is 47.3 Å². The number of carbonyl (C=O) groups is 1. The molecule has 1 aromatic heterocycles. The van der Waals surface area contributed by atoms with E-state index in [1.165, 1.54) is 34.9 Å². The van der Waals surface area contributed by atoms with Gasteiger partial charge in [0.15, 0.2) is 0 Å². The molecule has 2 aromatic carbocycles. The van der Waals surface area contributed by atoms with Crippen LogP contribution < -0.4 is 10.2 Å². The van der Waals surface area contributed by atoms with E-state index >= 15 is 0 Å². The Bertz CT molecular complexity index is 1260. The lowest BCUT2D eigenvalue weighted by Crippen LogP contribution is -2.21. The Balaban J connectivity index is 2.27. The minimum absolute atomic E-state index is 0.0474. The fraction of sp³-hybridized carbons (Fsp3) is 0.136. The topological polar surface area (TPSA) is 92.3 Å². The molecule has 0 saturated carbocycles. The van der Waals surface area contributed by atoms with Crippen LogP contribution in [0, 0.1) is 24.1 Å². The first-order valence-electron chi connectivity index (χ1n) is 8.92. The van der Waals surface area contributed by atoms with Gasteiger partial charge >= 0.3 is 5.97 Å². The number of carboxylic acid groups (broad SMARTS) is 1. The first kappa shape index (κ1) is 21.1. The molecule has 0 aliphatic heterocycles. The van der Waals surface area contributed by atoms with Gasteiger partial charge < -0.3 is 14.4 Å². The summed E-state index contributed by atoms with van der Waals surface area (Å²) in [5.74, 6) is -1.68. The zero-order valence-electron chi connectivity index (χ0n) is 16.1. The lowest BCUT2D eigenvalue weighted by atomic mass is 10.0. The highest BCUT2D eigenvalue weighted by Crippen LogP contribution is 2.32. The van der Waals surface area contributed by atoms with E-state index in [1.54, 1.807) is 19.9 Å². The molecule has 3 aromatic rings. The quantitative estimate of drug-likeness (QED) is 0.619. The zero-order chi connectivity index (χ0) is 22.0. The van der Waals surface area contributed by atoms with Crippen LogP contribution in [0.5, 0.6) is 11.6 Å². The highest BCUT2D eigenvalue weighted by Gasteiger charge is 2.23. The third kappa shape index (κ3) is 3.91. The van der Waals surface area contributed by atoms with Gasteiger partial charge in [0.25, 0.3) is 0 Å². The maximum atomic E-state index is 13.9. The summed E-state index contributed by atoms with van der Waals surface area (Å²) in [4.78, 5) is 24.5. The number of halogens is 2. The summed E-state index contributed by atoms with van der Waals surface area (Å²) in [6, 6.07) is 11.6. The van der Waals surface area contributed by atoms with Crippen molar-refractivity contribution in [2.24, 2.45) is 0 Å². The van der Waals surface area contributed by atoms with Crippen molar-refractivity contribution in [2.45, 2.75) is 20.4 Å². The molecule has 3 rings (SSSR count). The molecule has 0 aliphatic carbocycles. The molecule has 8 heteroatoms. The maximum absolute atomic E-state index is 13.9. The van der Waals surface area contributed by atoms with Gasteiger partial charge in [-0.1, -0.05) is 23.7 Å². The van der Waals surface area contributed by atoms with Crippen molar-refractivity contribution in [1.29, 1.82) is 5.26 Å². The van der Waals surface area contributed by atoms with E-state index in [2.05, 4.69) is 0 Å². The first-order chi connectivity index (χ1) is 14.3. The molecule has 0 unspecified atom stereocenters. The Labute approximate surface area is 176 Å². The number of carboxylic acids is 1. The van der Waals surface area contributed by atoms with E-state index in [-0.39, 0.29) is 34.5 Å². The van der Waals surface area contributed by atoms with Crippen LogP contribution >= 0.6 is 11.6 Å². The summed E-state index contributed by atoms with van der Waals surface area (Å²) >= 11 is 6.12. The monoisotopic (exact) mass is 426 g/mol. The number of aryl methyl sites for hydroxylation is 1. The number of nitriles is 1. The highest BCUT2D eigenvalue weighted by atomic mass is 35.5. The number of hydrogen-bond acceptors (Lipinski definition) is 4. The fourth-order valence-corrected chi connectivity index (χ4v) is 3.26. The molecular formula is C22H16ClFN2O4. The molecule has 30 heavy (non-hydrogen) atoms. The van der Waals surface area contributed by atoms with Crippen LogP contribution in [-0.4, -0.2) is 15.6 Å². The van der Waals surface area contributed by atoms with Gasteiger partial charge in [-0.15, -0.1) is 0 Å². The number of aromatic nitrogens is 1. The highest BCUT2D eigenvalue weighted by molar-refractivity contribution is 6.32. The number of hydrogen-bond donors (Lipinski definition) is 1. The predicted octanol–water partition coefficient (Wildman–Crippen LogP) is 5.00. The summed E-state index contributed by atoms with van der Waals surface area (Å²) in [5, 5.41) is 18.9. The van der Waals surface area contributed by atoms with Crippen LogP contribution in [0.1, 0.15) is 28.4 Å².